The van der Waals surface area contributed by atoms with E-state index < -0.39 is 16.1 Å². The first-order chi connectivity index (χ1) is 9.68. The number of ether oxygens (including phenoxy) is 1. The van der Waals surface area contributed by atoms with Gasteiger partial charge in [0.15, 0.2) is 0 Å². The minimum Gasteiger partial charge on any atom is -0.494 e. The molecule has 0 radical (unpaired) electrons. The van der Waals surface area contributed by atoms with Crippen molar-refractivity contribution in [2.24, 2.45) is 0 Å². The van der Waals surface area contributed by atoms with E-state index in [2.05, 4.69) is 0 Å². The topological polar surface area (TPSA) is 66.9 Å². The average Bonchev–Trinajstić information content (AvgIpc) is 2.38. The van der Waals surface area contributed by atoms with Gasteiger partial charge in [0.1, 0.15) is 11.8 Å². The van der Waals surface area contributed by atoms with Crippen molar-refractivity contribution >= 4 is 21.6 Å². The molecule has 6 nitrogen and oxygen atoms in total. The Hall–Kier alpha value is -1.76. The molecule has 0 aliphatic carbocycles. The van der Waals surface area contributed by atoms with E-state index in [1.165, 1.54) is 4.90 Å². The van der Waals surface area contributed by atoms with Crippen LogP contribution in [-0.2, 0) is 14.8 Å². The maximum absolute atomic E-state index is 12.1. The molecule has 1 unspecified atom stereocenters. The minimum atomic E-state index is -3.58. The normalized spacial score (nSPS) is 12.6. The van der Waals surface area contributed by atoms with Crippen LogP contribution < -0.4 is 9.04 Å². The molecule has 0 spiro atoms. The molecule has 1 atom stereocenters. The van der Waals surface area contributed by atoms with Crippen molar-refractivity contribution in [3.63, 3.8) is 0 Å². The molecule has 0 saturated carbocycles. The Morgan fingerprint density at radius 3 is 2.14 bits per heavy atom. The molecule has 118 valence electrons. The molecule has 0 aliphatic heterocycles. The van der Waals surface area contributed by atoms with Crippen LogP contribution in [0.3, 0.4) is 0 Å². The molecule has 0 fully saturated rings. The first-order valence-corrected chi connectivity index (χ1v) is 8.46. The van der Waals surface area contributed by atoms with Gasteiger partial charge in [-0.05, 0) is 38.1 Å². The lowest BCUT2D eigenvalue weighted by molar-refractivity contribution is -0.129. The van der Waals surface area contributed by atoms with Crippen molar-refractivity contribution < 1.29 is 17.9 Å². The maximum atomic E-state index is 12.1. The van der Waals surface area contributed by atoms with E-state index in [9.17, 15) is 13.2 Å². The lowest BCUT2D eigenvalue weighted by Crippen LogP contribution is -2.47. The molecule has 1 aromatic rings. The van der Waals surface area contributed by atoms with Crippen LogP contribution in [0.1, 0.15) is 13.8 Å². The van der Waals surface area contributed by atoms with Gasteiger partial charge in [-0.15, -0.1) is 0 Å². The van der Waals surface area contributed by atoms with E-state index in [1.807, 2.05) is 6.92 Å². The first-order valence-electron chi connectivity index (χ1n) is 6.62. The summed E-state index contributed by atoms with van der Waals surface area (Å²) in [6.07, 6.45) is 1.09. The van der Waals surface area contributed by atoms with Crippen LogP contribution >= 0.6 is 0 Å². The predicted molar refractivity (Wildman–Crippen MR) is 83.1 cm³/mol. The summed E-state index contributed by atoms with van der Waals surface area (Å²) in [6.45, 7) is 3.97. The average molecular weight is 314 g/mol. The van der Waals surface area contributed by atoms with Crippen LogP contribution in [-0.4, -0.2) is 52.2 Å². The van der Waals surface area contributed by atoms with Crippen molar-refractivity contribution in [2.45, 2.75) is 19.9 Å². The molecule has 7 heteroatoms. The van der Waals surface area contributed by atoms with Crippen molar-refractivity contribution in [1.29, 1.82) is 0 Å². The van der Waals surface area contributed by atoms with Crippen molar-refractivity contribution in [3.05, 3.63) is 24.3 Å². The van der Waals surface area contributed by atoms with Crippen LogP contribution in [0.25, 0.3) is 0 Å². The highest BCUT2D eigenvalue weighted by molar-refractivity contribution is 7.92. The molecule has 1 rings (SSSR count). The number of hydrogen-bond donors (Lipinski definition) is 0. The molecule has 1 aromatic carbocycles. The quantitative estimate of drug-likeness (QED) is 0.794. The number of sulfonamides is 1. The first kappa shape index (κ1) is 17.3. The molecule has 1 amide bonds. The van der Waals surface area contributed by atoms with E-state index in [0.717, 1.165) is 10.6 Å². The van der Waals surface area contributed by atoms with Crippen LogP contribution in [0.2, 0.25) is 0 Å². The van der Waals surface area contributed by atoms with Crippen LogP contribution in [0.4, 0.5) is 5.69 Å². The second-order valence-electron chi connectivity index (χ2n) is 4.89. The van der Waals surface area contributed by atoms with E-state index >= 15 is 0 Å². The van der Waals surface area contributed by atoms with E-state index in [0.29, 0.717) is 18.0 Å². The van der Waals surface area contributed by atoms with Crippen molar-refractivity contribution in [1.82, 2.24) is 4.90 Å². The molecule has 0 N–H and O–H groups in total. The second kappa shape index (κ2) is 6.80. The molecule has 0 saturated heterocycles. The van der Waals surface area contributed by atoms with Crippen molar-refractivity contribution in [3.8, 4) is 5.75 Å². The summed E-state index contributed by atoms with van der Waals surface area (Å²) in [5.41, 5.74) is 0.434. The number of amides is 1. The molecule has 0 aromatic heterocycles. The van der Waals surface area contributed by atoms with E-state index in [1.54, 1.807) is 45.3 Å². The summed E-state index contributed by atoms with van der Waals surface area (Å²) >= 11 is 0. The third kappa shape index (κ3) is 4.35. The van der Waals surface area contributed by atoms with Gasteiger partial charge < -0.3 is 9.64 Å². The van der Waals surface area contributed by atoms with Gasteiger partial charge in [0.2, 0.25) is 15.9 Å². The van der Waals surface area contributed by atoms with Crippen LogP contribution in [0, 0.1) is 0 Å². The zero-order chi connectivity index (χ0) is 16.2. The highest BCUT2D eigenvalue weighted by atomic mass is 32.2. The van der Waals surface area contributed by atoms with Gasteiger partial charge in [-0.1, -0.05) is 0 Å². The number of likely N-dealkylation sites (N-methyl/N-ethyl adjacent to an activating group) is 1. The fourth-order valence-electron chi connectivity index (χ4n) is 2.03. The Morgan fingerprint density at radius 2 is 1.76 bits per heavy atom. The number of carbonyl (C=O) groups excluding carboxylic acids is 1. The van der Waals surface area contributed by atoms with Gasteiger partial charge in [-0.25, -0.2) is 8.42 Å². The zero-order valence-corrected chi connectivity index (χ0v) is 13.8. The van der Waals surface area contributed by atoms with Gasteiger partial charge in [0, 0.05) is 14.1 Å². The monoisotopic (exact) mass is 314 g/mol. The molecule has 0 aliphatic rings. The molecule has 21 heavy (non-hydrogen) atoms. The smallest absolute Gasteiger partial charge is 0.245 e. The van der Waals surface area contributed by atoms with Gasteiger partial charge in [0.25, 0.3) is 0 Å². The van der Waals surface area contributed by atoms with Crippen LogP contribution in [0.5, 0.6) is 5.75 Å². The van der Waals surface area contributed by atoms with Gasteiger partial charge >= 0.3 is 0 Å². The van der Waals surface area contributed by atoms with Gasteiger partial charge in [0.05, 0.1) is 18.6 Å². The molecular formula is C14H22N2O4S. The highest BCUT2D eigenvalue weighted by Crippen LogP contribution is 2.24. The summed E-state index contributed by atoms with van der Waals surface area (Å²) < 4.78 is 30.5. The fraction of sp³-hybridized carbons (Fsp3) is 0.500. The maximum Gasteiger partial charge on any atom is 0.245 e. The number of nitrogens with zero attached hydrogens (tertiary/aromatic N) is 2. The van der Waals surface area contributed by atoms with Crippen LogP contribution in [0.15, 0.2) is 24.3 Å². The zero-order valence-electron chi connectivity index (χ0n) is 13.0. The van der Waals surface area contributed by atoms with Gasteiger partial charge in [-0.3, -0.25) is 9.10 Å². The number of carbonyl (C=O) groups is 1. The number of hydrogen-bond acceptors (Lipinski definition) is 4. The Bertz CT molecular complexity index is 581. The Labute approximate surface area is 126 Å². The molecule has 0 bridgehead atoms. The molecule has 0 heterocycles. The minimum absolute atomic E-state index is 0.283. The second-order valence-corrected chi connectivity index (χ2v) is 6.75. The summed E-state index contributed by atoms with van der Waals surface area (Å²) in [7, 11) is -0.386. The summed E-state index contributed by atoms with van der Waals surface area (Å²) in [4.78, 5) is 13.4. The summed E-state index contributed by atoms with van der Waals surface area (Å²) in [6, 6.07) is 5.82. The Kier molecular flexibility index (Phi) is 5.60. The largest absolute Gasteiger partial charge is 0.494 e. The van der Waals surface area contributed by atoms with Gasteiger partial charge in [-0.2, -0.15) is 0 Å². The van der Waals surface area contributed by atoms with E-state index in [-0.39, 0.29) is 5.91 Å². The standard InChI is InChI=1S/C14H22N2O4S/c1-6-20-13-9-7-12(8-10-13)16(21(5,18)19)11(2)14(17)15(3)4/h7-11H,6H2,1-5H3. The Balaban J connectivity index is 3.18. The molecular weight excluding hydrogens is 292 g/mol. The third-order valence-corrected chi connectivity index (χ3v) is 4.15. The lowest BCUT2D eigenvalue weighted by Gasteiger charge is -2.30. The van der Waals surface area contributed by atoms with E-state index in [4.69, 9.17) is 4.74 Å². The number of benzene rings is 1. The number of rotatable bonds is 6. The fourth-order valence-corrected chi connectivity index (χ4v) is 3.20. The summed E-state index contributed by atoms with van der Waals surface area (Å²) in [5.74, 6) is 0.371. The Morgan fingerprint density at radius 1 is 1.24 bits per heavy atom. The number of anilines is 1. The predicted octanol–water partition coefficient (Wildman–Crippen LogP) is 1.33. The lowest BCUT2D eigenvalue weighted by atomic mass is 10.2. The SMILES string of the molecule is CCOc1ccc(N(C(C)C(=O)N(C)C)S(C)(=O)=O)cc1. The third-order valence-electron chi connectivity index (χ3n) is 2.91. The highest BCUT2D eigenvalue weighted by Gasteiger charge is 2.29. The summed E-state index contributed by atoms with van der Waals surface area (Å²) in [5, 5.41) is 0. The van der Waals surface area contributed by atoms with Crippen molar-refractivity contribution in [2.75, 3.05) is 31.3 Å².